The van der Waals surface area contributed by atoms with Crippen LogP contribution in [0.25, 0.3) is 16.8 Å². The first-order valence-electron chi connectivity index (χ1n) is 12.7. The van der Waals surface area contributed by atoms with E-state index in [0.29, 0.717) is 18.8 Å². The van der Waals surface area contributed by atoms with Gasteiger partial charge in [-0.3, -0.25) is 0 Å². The molecule has 1 aromatic carbocycles. The molecule has 7 nitrogen and oxygen atoms in total. The summed E-state index contributed by atoms with van der Waals surface area (Å²) in [5.41, 5.74) is 2.01. The summed E-state index contributed by atoms with van der Waals surface area (Å²) in [4.78, 5) is 21.0. The second kappa shape index (κ2) is 9.76. The molecule has 0 aliphatic carbocycles. The number of aromatic nitrogens is 2. The largest absolute Gasteiger partial charge is 0.394 e. The molecule has 0 radical (unpaired) electrons. The minimum Gasteiger partial charge on any atom is -0.378 e. The lowest BCUT2D eigenvalue weighted by molar-refractivity contribution is -0.227. The van der Waals surface area contributed by atoms with Crippen LogP contribution in [0.2, 0.25) is 0 Å². The van der Waals surface area contributed by atoms with E-state index in [1.165, 1.54) is 11.0 Å². The maximum Gasteiger partial charge on any atom is 0.394 e. The second-order valence-electron chi connectivity index (χ2n) is 10.6. The number of benzene rings is 1. The highest BCUT2D eigenvalue weighted by Crippen LogP contribution is 2.47. The lowest BCUT2D eigenvalue weighted by atomic mass is 9.77. The average molecular weight is 534 g/mol. The third-order valence-corrected chi connectivity index (χ3v) is 7.91. The molecule has 1 N–H and O–H groups in total. The number of halogens is 4. The van der Waals surface area contributed by atoms with E-state index in [4.69, 9.17) is 4.74 Å². The molecule has 38 heavy (non-hydrogen) atoms. The summed E-state index contributed by atoms with van der Waals surface area (Å²) in [6.07, 6.45) is 1.32. The first kappa shape index (κ1) is 26.3. The Hall–Kier alpha value is -3.34. The van der Waals surface area contributed by atoms with Crippen molar-refractivity contribution in [3.05, 3.63) is 48.2 Å². The Balaban J connectivity index is 1.41. The van der Waals surface area contributed by atoms with Crippen molar-refractivity contribution in [1.82, 2.24) is 14.3 Å². The Morgan fingerprint density at radius 1 is 1.13 bits per heavy atom. The maximum absolute atomic E-state index is 15.0. The predicted molar refractivity (Wildman–Crippen MR) is 137 cm³/mol. The van der Waals surface area contributed by atoms with Crippen molar-refractivity contribution in [2.45, 2.75) is 33.4 Å². The molecular formula is C27H31F4N5O2. The number of likely N-dealkylation sites (tertiary alicyclic amines) is 1. The monoisotopic (exact) mass is 533 g/mol. The number of ether oxygens (including phenoxy) is 1. The molecule has 1 unspecified atom stereocenters. The van der Waals surface area contributed by atoms with Crippen molar-refractivity contribution in [2.75, 3.05) is 49.6 Å². The van der Waals surface area contributed by atoms with Crippen LogP contribution >= 0.6 is 0 Å². The standard InChI is InChI=1S/C27H31F4N5O2/c1-17-12-21(28)22(33-25(37)36-6-4-19(16-36)26(2,3)27(29,30)31)14-20(17)18-13-23(34-8-10-38-11-9-34)24-32-5-7-35(24)15-18/h5,7,12-15,19H,4,6,8-11,16H2,1-3H3,(H,33,37). The van der Waals surface area contributed by atoms with Crippen molar-refractivity contribution in [3.63, 3.8) is 0 Å². The third-order valence-electron chi connectivity index (χ3n) is 7.91. The summed E-state index contributed by atoms with van der Waals surface area (Å²) < 4.78 is 62.9. The van der Waals surface area contributed by atoms with Gasteiger partial charge >= 0.3 is 12.2 Å². The number of pyridine rings is 1. The highest BCUT2D eigenvalue weighted by atomic mass is 19.4. The van der Waals surface area contributed by atoms with Gasteiger partial charge in [-0.2, -0.15) is 13.2 Å². The SMILES string of the molecule is Cc1cc(F)c(NC(=O)N2CCC(C(C)(C)C(F)(F)F)C2)cc1-c1cc(N2CCOCC2)c2nccn2c1. The fourth-order valence-corrected chi connectivity index (χ4v) is 5.24. The van der Waals surface area contributed by atoms with Gasteiger partial charge in [-0.05, 0) is 48.6 Å². The summed E-state index contributed by atoms with van der Waals surface area (Å²) in [5.74, 6) is -1.34. The number of nitrogens with zero attached hydrogens (tertiary/aromatic N) is 4. The summed E-state index contributed by atoms with van der Waals surface area (Å²) in [5, 5.41) is 2.60. The van der Waals surface area contributed by atoms with Crippen LogP contribution in [0.3, 0.4) is 0 Å². The average Bonchev–Trinajstić information content (AvgIpc) is 3.55. The number of carbonyl (C=O) groups excluding carboxylic acids is 1. The van der Waals surface area contributed by atoms with Crippen LogP contribution in [0, 0.1) is 24.1 Å². The van der Waals surface area contributed by atoms with E-state index in [2.05, 4.69) is 15.2 Å². The Morgan fingerprint density at radius 3 is 2.58 bits per heavy atom. The number of hydrogen-bond acceptors (Lipinski definition) is 4. The van der Waals surface area contributed by atoms with Gasteiger partial charge in [0, 0.05) is 50.3 Å². The number of fused-ring (bicyclic) bond motifs is 1. The Kier molecular flexibility index (Phi) is 6.75. The van der Waals surface area contributed by atoms with Gasteiger partial charge in [0.2, 0.25) is 0 Å². The Morgan fingerprint density at radius 2 is 1.87 bits per heavy atom. The van der Waals surface area contributed by atoms with Crippen LogP contribution in [-0.2, 0) is 4.74 Å². The van der Waals surface area contributed by atoms with Gasteiger partial charge in [0.25, 0.3) is 0 Å². The number of urea groups is 1. The van der Waals surface area contributed by atoms with Crippen molar-refractivity contribution in [3.8, 4) is 11.1 Å². The number of hydrogen-bond donors (Lipinski definition) is 1. The third kappa shape index (κ3) is 4.79. The molecule has 11 heteroatoms. The molecule has 0 spiro atoms. The van der Waals surface area contributed by atoms with Crippen LogP contribution in [-0.4, -0.2) is 65.9 Å². The molecule has 4 heterocycles. The van der Waals surface area contributed by atoms with Crippen LogP contribution < -0.4 is 10.2 Å². The number of morpholine rings is 1. The maximum atomic E-state index is 15.0. The molecule has 5 rings (SSSR count). The number of rotatable bonds is 4. The minimum absolute atomic E-state index is 0.0206. The number of aryl methyl sites for hydroxylation is 1. The minimum atomic E-state index is -4.38. The molecule has 2 aromatic heterocycles. The first-order chi connectivity index (χ1) is 18.0. The van der Waals surface area contributed by atoms with Crippen molar-refractivity contribution in [2.24, 2.45) is 11.3 Å². The smallest absolute Gasteiger partial charge is 0.378 e. The molecule has 3 aromatic rings. The number of carbonyl (C=O) groups is 1. The van der Waals surface area contributed by atoms with E-state index >= 15 is 0 Å². The summed E-state index contributed by atoms with van der Waals surface area (Å²) in [6, 6.07) is 4.33. The number of amides is 2. The predicted octanol–water partition coefficient (Wildman–Crippen LogP) is 5.73. The van der Waals surface area contributed by atoms with Crippen LogP contribution in [0.4, 0.5) is 33.7 Å². The second-order valence-corrected chi connectivity index (χ2v) is 10.6. The number of nitrogens with one attached hydrogen (secondary N) is 1. The summed E-state index contributed by atoms with van der Waals surface area (Å²) in [7, 11) is 0. The molecule has 2 aliphatic rings. The van der Waals surface area contributed by atoms with Gasteiger partial charge < -0.3 is 24.3 Å². The van der Waals surface area contributed by atoms with Crippen LogP contribution in [0.15, 0.2) is 36.8 Å². The summed E-state index contributed by atoms with van der Waals surface area (Å²) >= 11 is 0. The quantitative estimate of drug-likeness (QED) is 0.436. The molecule has 1 atom stereocenters. The van der Waals surface area contributed by atoms with E-state index in [0.717, 1.165) is 49.4 Å². The highest BCUT2D eigenvalue weighted by Gasteiger charge is 2.54. The molecule has 2 fully saturated rings. The van der Waals surface area contributed by atoms with E-state index < -0.39 is 29.4 Å². The molecule has 2 aliphatic heterocycles. The zero-order valence-corrected chi connectivity index (χ0v) is 21.6. The zero-order valence-electron chi connectivity index (χ0n) is 21.6. The lowest BCUT2D eigenvalue weighted by Gasteiger charge is -2.33. The van der Waals surface area contributed by atoms with Gasteiger partial charge in [-0.1, -0.05) is 13.8 Å². The van der Waals surface area contributed by atoms with Gasteiger partial charge in [0.05, 0.1) is 30.0 Å². The number of anilines is 2. The van der Waals surface area contributed by atoms with E-state index in [-0.39, 0.29) is 25.2 Å². The molecule has 0 saturated carbocycles. The fraction of sp³-hybridized carbons (Fsp3) is 0.481. The highest BCUT2D eigenvalue weighted by molar-refractivity contribution is 5.91. The fourth-order valence-electron chi connectivity index (χ4n) is 5.24. The Labute approximate surface area is 218 Å². The van der Waals surface area contributed by atoms with Crippen molar-refractivity contribution in [1.29, 1.82) is 0 Å². The van der Waals surface area contributed by atoms with Crippen LogP contribution in [0.5, 0.6) is 0 Å². The van der Waals surface area contributed by atoms with Gasteiger partial charge in [-0.25, -0.2) is 14.2 Å². The number of imidazole rings is 1. The van der Waals surface area contributed by atoms with E-state index in [1.807, 2.05) is 22.9 Å². The first-order valence-corrected chi connectivity index (χ1v) is 12.7. The van der Waals surface area contributed by atoms with Crippen molar-refractivity contribution >= 4 is 23.1 Å². The molecule has 204 valence electrons. The van der Waals surface area contributed by atoms with Gasteiger partial charge in [0.15, 0.2) is 5.65 Å². The normalized spacial score (nSPS) is 18.9. The van der Waals surface area contributed by atoms with Gasteiger partial charge in [0.1, 0.15) is 5.82 Å². The lowest BCUT2D eigenvalue weighted by Crippen LogP contribution is -2.41. The molecular weight excluding hydrogens is 502 g/mol. The van der Waals surface area contributed by atoms with Gasteiger partial charge in [-0.15, -0.1) is 0 Å². The van der Waals surface area contributed by atoms with E-state index in [1.54, 1.807) is 19.2 Å². The number of alkyl halides is 3. The Bertz CT molecular complexity index is 1350. The van der Waals surface area contributed by atoms with Crippen molar-refractivity contribution < 1.29 is 27.1 Å². The van der Waals surface area contributed by atoms with Crippen LogP contribution in [0.1, 0.15) is 25.8 Å². The van der Waals surface area contributed by atoms with E-state index in [9.17, 15) is 22.4 Å². The molecule has 2 saturated heterocycles. The topological polar surface area (TPSA) is 62.1 Å². The zero-order chi connectivity index (χ0) is 27.2. The molecule has 0 bridgehead atoms. The summed E-state index contributed by atoms with van der Waals surface area (Å²) in [6.45, 7) is 6.91. The molecule has 2 amide bonds.